The average Bonchev–Trinajstić information content (AvgIpc) is 3.25. The van der Waals surface area contributed by atoms with Crippen LogP contribution in [0.5, 0.6) is 5.75 Å². The second-order valence-electron chi connectivity index (χ2n) is 7.24. The molecule has 0 spiro atoms. The summed E-state index contributed by atoms with van der Waals surface area (Å²) in [6.45, 7) is 5.79. The Labute approximate surface area is 173 Å². The molecule has 28 heavy (non-hydrogen) atoms. The molecule has 0 saturated carbocycles. The van der Waals surface area contributed by atoms with Gasteiger partial charge in [0.05, 0.1) is 31.0 Å². The van der Waals surface area contributed by atoms with Crippen molar-refractivity contribution in [3.8, 4) is 16.9 Å². The number of aryl methyl sites for hydroxylation is 2. The summed E-state index contributed by atoms with van der Waals surface area (Å²) in [4.78, 5) is 7.25. The lowest BCUT2D eigenvalue weighted by atomic mass is 10.1. The lowest BCUT2D eigenvalue weighted by Crippen LogP contribution is -2.34. The highest BCUT2D eigenvalue weighted by molar-refractivity contribution is 9.10. The van der Waals surface area contributed by atoms with Crippen LogP contribution in [-0.2, 0) is 4.74 Å². The molecule has 148 valence electrons. The van der Waals surface area contributed by atoms with Gasteiger partial charge in [-0.05, 0) is 44.9 Å². The Morgan fingerprint density at radius 3 is 2.79 bits per heavy atom. The minimum Gasteiger partial charge on any atom is -0.496 e. The third-order valence-electron chi connectivity index (χ3n) is 5.34. The van der Waals surface area contributed by atoms with Crippen LogP contribution in [0.3, 0.4) is 0 Å². The Bertz CT molecular complexity index is 1020. The van der Waals surface area contributed by atoms with Crippen molar-refractivity contribution in [2.24, 2.45) is 0 Å². The topological polar surface area (TPSA) is 51.9 Å². The van der Waals surface area contributed by atoms with Crippen molar-refractivity contribution in [1.29, 1.82) is 0 Å². The first-order valence-corrected chi connectivity index (χ1v) is 10.3. The molecule has 2 aromatic heterocycles. The first-order valence-electron chi connectivity index (χ1n) is 9.50. The van der Waals surface area contributed by atoms with E-state index in [9.17, 15) is 0 Å². The van der Waals surface area contributed by atoms with E-state index >= 15 is 0 Å². The zero-order valence-corrected chi connectivity index (χ0v) is 18.3. The van der Waals surface area contributed by atoms with Crippen LogP contribution in [0, 0.1) is 13.8 Å². The molecular formula is C21H25BrN4O2. The molecule has 1 atom stereocenters. The summed E-state index contributed by atoms with van der Waals surface area (Å²) in [6, 6.07) is 8.54. The zero-order chi connectivity index (χ0) is 19.8. The zero-order valence-electron chi connectivity index (χ0n) is 16.7. The fraction of sp³-hybridized carbons (Fsp3) is 0.429. The van der Waals surface area contributed by atoms with Gasteiger partial charge in [0.2, 0.25) is 0 Å². The van der Waals surface area contributed by atoms with E-state index in [1.165, 1.54) is 0 Å². The maximum atomic E-state index is 5.64. The molecule has 1 saturated heterocycles. The highest BCUT2D eigenvalue weighted by Gasteiger charge is 2.28. The Morgan fingerprint density at radius 1 is 1.21 bits per heavy atom. The van der Waals surface area contributed by atoms with E-state index in [1.807, 2.05) is 30.5 Å². The molecule has 1 aliphatic rings. The van der Waals surface area contributed by atoms with Crippen LogP contribution in [0.2, 0.25) is 0 Å². The molecule has 1 fully saturated rings. The number of rotatable bonds is 5. The number of aromatic nitrogens is 3. The van der Waals surface area contributed by atoms with Gasteiger partial charge in [-0.2, -0.15) is 9.61 Å². The molecule has 4 rings (SSSR count). The van der Waals surface area contributed by atoms with Gasteiger partial charge < -0.3 is 14.4 Å². The third-order valence-corrected chi connectivity index (χ3v) is 5.83. The SMILES string of the molecule is COCC1CCCN1c1cc(C)nc2c(-c3ccc(Br)cc3OC)c(C)nn12. The first kappa shape index (κ1) is 19.2. The highest BCUT2D eigenvalue weighted by Crippen LogP contribution is 2.38. The van der Waals surface area contributed by atoms with Crippen molar-refractivity contribution >= 4 is 27.4 Å². The summed E-state index contributed by atoms with van der Waals surface area (Å²) in [6.07, 6.45) is 2.29. The number of anilines is 1. The molecule has 0 N–H and O–H groups in total. The van der Waals surface area contributed by atoms with Crippen LogP contribution >= 0.6 is 15.9 Å². The fourth-order valence-electron chi connectivity index (χ4n) is 4.12. The molecule has 0 radical (unpaired) electrons. The molecule has 1 aromatic carbocycles. The Kier molecular flexibility index (Phi) is 5.29. The minimum absolute atomic E-state index is 0.366. The van der Waals surface area contributed by atoms with Crippen LogP contribution in [0.15, 0.2) is 28.7 Å². The molecule has 7 heteroatoms. The number of fused-ring (bicyclic) bond motifs is 1. The van der Waals surface area contributed by atoms with E-state index < -0.39 is 0 Å². The highest BCUT2D eigenvalue weighted by atomic mass is 79.9. The number of methoxy groups -OCH3 is 2. The normalized spacial score (nSPS) is 16.9. The second-order valence-corrected chi connectivity index (χ2v) is 8.16. The maximum absolute atomic E-state index is 5.64. The summed E-state index contributed by atoms with van der Waals surface area (Å²) in [5.74, 6) is 1.88. The smallest absolute Gasteiger partial charge is 0.165 e. The molecular weight excluding hydrogens is 420 g/mol. The van der Waals surface area contributed by atoms with Crippen molar-refractivity contribution in [2.45, 2.75) is 32.7 Å². The van der Waals surface area contributed by atoms with Gasteiger partial charge in [0.15, 0.2) is 5.65 Å². The molecule has 0 bridgehead atoms. The van der Waals surface area contributed by atoms with Gasteiger partial charge in [0.1, 0.15) is 11.6 Å². The minimum atomic E-state index is 0.366. The molecule has 0 amide bonds. The number of hydrogen-bond donors (Lipinski definition) is 0. The molecule has 3 heterocycles. The fourth-order valence-corrected chi connectivity index (χ4v) is 4.46. The lowest BCUT2D eigenvalue weighted by molar-refractivity contribution is 0.180. The van der Waals surface area contributed by atoms with Crippen LogP contribution in [0.4, 0.5) is 5.82 Å². The van der Waals surface area contributed by atoms with E-state index in [-0.39, 0.29) is 0 Å². The molecule has 6 nitrogen and oxygen atoms in total. The molecule has 1 unspecified atom stereocenters. The Morgan fingerprint density at radius 2 is 2.04 bits per heavy atom. The van der Waals surface area contributed by atoms with Gasteiger partial charge >= 0.3 is 0 Å². The summed E-state index contributed by atoms with van der Waals surface area (Å²) in [5.41, 5.74) is 4.77. The predicted octanol–water partition coefficient (Wildman–Crippen LogP) is 4.40. The number of nitrogens with zero attached hydrogens (tertiary/aromatic N) is 4. The van der Waals surface area contributed by atoms with E-state index in [0.717, 1.165) is 70.2 Å². The van der Waals surface area contributed by atoms with Gasteiger partial charge in [0.25, 0.3) is 0 Å². The molecule has 1 aliphatic heterocycles. The van der Waals surface area contributed by atoms with Gasteiger partial charge in [-0.15, -0.1) is 0 Å². The summed E-state index contributed by atoms with van der Waals surface area (Å²) < 4.78 is 14.1. The molecule has 0 aliphatic carbocycles. The summed E-state index contributed by atoms with van der Waals surface area (Å²) in [5, 5.41) is 4.87. The standard InChI is InChI=1S/C21H25BrN4O2/c1-13-10-19(25-9-5-6-16(25)12-27-3)26-21(23-13)20(14(2)24-26)17-8-7-15(22)11-18(17)28-4/h7-8,10-11,16H,5-6,9,12H2,1-4H3. The number of halogens is 1. The quantitative estimate of drug-likeness (QED) is 0.583. The van der Waals surface area contributed by atoms with Gasteiger partial charge in [-0.1, -0.05) is 15.9 Å². The van der Waals surface area contributed by atoms with E-state index in [2.05, 4.69) is 33.0 Å². The van der Waals surface area contributed by atoms with Crippen LogP contribution < -0.4 is 9.64 Å². The maximum Gasteiger partial charge on any atom is 0.165 e. The van der Waals surface area contributed by atoms with Crippen molar-refractivity contribution in [1.82, 2.24) is 14.6 Å². The number of benzene rings is 1. The van der Waals surface area contributed by atoms with Crippen molar-refractivity contribution < 1.29 is 9.47 Å². The van der Waals surface area contributed by atoms with Crippen LogP contribution in [0.1, 0.15) is 24.2 Å². The Hall–Kier alpha value is -2.12. The average molecular weight is 445 g/mol. The predicted molar refractivity (Wildman–Crippen MR) is 114 cm³/mol. The van der Waals surface area contributed by atoms with Crippen molar-refractivity contribution in [3.05, 3.63) is 40.1 Å². The number of hydrogen-bond acceptors (Lipinski definition) is 5. The van der Waals surface area contributed by atoms with Gasteiger partial charge in [0, 0.05) is 35.5 Å². The second kappa shape index (κ2) is 7.72. The van der Waals surface area contributed by atoms with Crippen LogP contribution in [0.25, 0.3) is 16.8 Å². The Balaban J connectivity index is 1.92. The number of ether oxygens (including phenoxy) is 2. The van der Waals surface area contributed by atoms with Gasteiger partial charge in [-0.3, -0.25) is 0 Å². The van der Waals surface area contributed by atoms with E-state index in [0.29, 0.717) is 6.04 Å². The summed E-state index contributed by atoms with van der Waals surface area (Å²) >= 11 is 3.52. The van der Waals surface area contributed by atoms with E-state index in [1.54, 1.807) is 14.2 Å². The van der Waals surface area contributed by atoms with Crippen LogP contribution in [-0.4, -0.2) is 48.0 Å². The van der Waals surface area contributed by atoms with Crippen molar-refractivity contribution in [2.75, 3.05) is 32.3 Å². The van der Waals surface area contributed by atoms with Gasteiger partial charge in [-0.25, -0.2) is 4.98 Å². The third kappa shape index (κ3) is 3.26. The van der Waals surface area contributed by atoms with Crippen molar-refractivity contribution in [3.63, 3.8) is 0 Å². The molecule has 3 aromatic rings. The van der Waals surface area contributed by atoms with E-state index in [4.69, 9.17) is 19.6 Å². The largest absolute Gasteiger partial charge is 0.496 e. The lowest BCUT2D eigenvalue weighted by Gasteiger charge is -2.26. The summed E-state index contributed by atoms with van der Waals surface area (Å²) in [7, 11) is 3.45. The first-order chi connectivity index (χ1) is 13.5. The monoisotopic (exact) mass is 444 g/mol.